The van der Waals surface area contributed by atoms with Crippen molar-refractivity contribution in [3.8, 4) is 33.4 Å². The normalized spacial score (nSPS) is 25.4. The predicted octanol–water partition coefficient (Wildman–Crippen LogP) is 13.2. The molecule has 6 aliphatic rings. The lowest BCUT2D eigenvalue weighted by Gasteiger charge is -2.61. The Bertz CT molecular complexity index is 2350. The van der Waals surface area contributed by atoms with E-state index in [0.717, 1.165) is 23.7 Å². The summed E-state index contributed by atoms with van der Waals surface area (Å²) in [5.74, 6) is 3.29. The molecule has 0 N–H and O–H groups in total. The van der Waals surface area contributed by atoms with Gasteiger partial charge < -0.3 is 4.90 Å². The molecule has 0 unspecified atom stereocenters. The molecule has 0 amide bonds. The van der Waals surface area contributed by atoms with Crippen LogP contribution in [0.3, 0.4) is 0 Å². The molecule has 51 heavy (non-hydrogen) atoms. The lowest BCUT2D eigenvalue weighted by Crippen LogP contribution is -2.55. The molecule has 0 aliphatic heterocycles. The van der Waals surface area contributed by atoms with Gasteiger partial charge in [0.1, 0.15) is 0 Å². The Morgan fingerprint density at radius 3 is 1.86 bits per heavy atom. The molecule has 6 aromatic rings. The highest BCUT2D eigenvalue weighted by Crippen LogP contribution is 2.70. The van der Waals surface area contributed by atoms with Gasteiger partial charge in [0.05, 0.1) is 11.4 Å². The summed E-state index contributed by atoms with van der Waals surface area (Å²) in [4.78, 5) is 2.62. The van der Waals surface area contributed by atoms with Crippen molar-refractivity contribution in [2.75, 3.05) is 4.90 Å². The maximum Gasteiger partial charge on any atom is 0.0543 e. The second kappa shape index (κ2) is 10.6. The Morgan fingerprint density at radius 1 is 0.490 bits per heavy atom. The molecular weight excluding hydrogens is 615 g/mol. The zero-order chi connectivity index (χ0) is 34.1. The molecule has 6 aliphatic carbocycles. The Labute approximate surface area is 303 Å². The Hall–Kier alpha value is -4.88. The van der Waals surface area contributed by atoms with Crippen LogP contribution in [0.5, 0.6) is 0 Å². The standard InChI is InChI=1S/C50H45N/c1-31-20-22-39-40-23-21-37(30-45(40)50(44(39)24-31)35-26-32-25-33(28-35)29-36(50)27-32)51(46-18-10-8-14-38(46)34-12-5-4-6-13-34)47-19-11-17-43-48(47)41-15-7-9-16-42(41)49(43,2)3/h4-24,30,32-33,35-36H,25-29H2,1-3H3. The molecule has 0 radical (unpaired) electrons. The van der Waals surface area contributed by atoms with Crippen molar-refractivity contribution in [1.82, 2.24) is 0 Å². The number of benzene rings is 6. The third-order valence-corrected chi connectivity index (χ3v) is 14.1. The van der Waals surface area contributed by atoms with Crippen molar-refractivity contribution < 1.29 is 0 Å². The highest BCUT2D eigenvalue weighted by molar-refractivity contribution is 5.98. The third kappa shape index (κ3) is 3.98. The van der Waals surface area contributed by atoms with E-state index in [1.165, 1.54) is 99.2 Å². The summed E-state index contributed by atoms with van der Waals surface area (Å²) in [6.07, 6.45) is 7.04. The molecule has 0 saturated heterocycles. The number of para-hydroxylation sites is 1. The van der Waals surface area contributed by atoms with E-state index in [1.54, 1.807) is 11.1 Å². The zero-order valence-electron chi connectivity index (χ0n) is 30.0. The number of anilines is 3. The molecule has 0 atom stereocenters. The molecule has 12 rings (SSSR count). The van der Waals surface area contributed by atoms with Gasteiger partial charge >= 0.3 is 0 Å². The quantitative estimate of drug-likeness (QED) is 0.182. The largest absolute Gasteiger partial charge is 0.309 e. The third-order valence-electron chi connectivity index (χ3n) is 14.1. The van der Waals surface area contributed by atoms with Gasteiger partial charge in [0.15, 0.2) is 0 Å². The molecule has 6 aromatic carbocycles. The van der Waals surface area contributed by atoms with E-state index in [-0.39, 0.29) is 10.8 Å². The van der Waals surface area contributed by atoms with Crippen LogP contribution < -0.4 is 4.90 Å². The number of aryl methyl sites for hydroxylation is 1. The molecule has 0 heterocycles. The fourth-order valence-electron chi connectivity index (χ4n) is 12.3. The molecule has 250 valence electrons. The van der Waals surface area contributed by atoms with E-state index in [9.17, 15) is 0 Å². The molecule has 4 bridgehead atoms. The molecule has 1 heteroatoms. The molecule has 1 spiro atoms. The first-order valence-corrected chi connectivity index (χ1v) is 19.4. The number of hydrogen-bond donors (Lipinski definition) is 0. The first-order chi connectivity index (χ1) is 24.9. The predicted molar refractivity (Wildman–Crippen MR) is 212 cm³/mol. The summed E-state index contributed by atoms with van der Waals surface area (Å²) in [5, 5.41) is 0. The number of hydrogen-bond acceptors (Lipinski definition) is 1. The summed E-state index contributed by atoms with van der Waals surface area (Å²) >= 11 is 0. The van der Waals surface area contributed by atoms with Gasteiger partial charge in [-0.2, -0.15) is 0 Å². The fourth-order valence-corrected chi connectivity index (χ4v) is 12.3. The van der Waals surface area contributed by atoms with Gasteiger partial charge in [-0.3, -0.25) is 0 Å². The zero-order valence-corrected chi connectivity index (χ0v) is 30.0. The van der Waals surface area contributed by atoms with E-state index in [1.807, 2.05) is 0 Å². The van der Waals surface area contributed by atoms with Crippen molar-refractivity contribution in [3.63, 3.8) is 0 Å². The van der Waals surface area contributed by atoms with E-state index in [4.69, 9.17) is 0 Å². The lowest BCUT2D eigenvalue weighted by atomic mass is 9.43. The molecule has 1 nitrogen and oxygen atoms in total. The van der Waals surface area contributed by atoms with Crippen LogP contribution in [-0.4, -0.2) is 0 Å². The summed E-state index contributed by atoms with van der Waals surface area (Å²) in [6.45, 7) is 7.10. The van der Waals surface area contributed by atoms with Gasteiger partial charge in [-0.1, -0.05) is 129 Å². The number of fused-ring (bicyclic) bond motifs is 6. The number of rotatable bonds is 4. The van der Waals surface area contributed by atoms with Crippen LogP contribution in [0.15, 0.2) is 133 Å². The maximum absolute atomic E-state index is 2.67. The summed E-state index contributed by atoms with van der Waals surface area (Å²) < 4.78 is 0. The van der Waals surface area contributed by atoms with Gasteiger partial charge in [-0.25, -0.2) is 0 Å². The molecular formula is C50H45N. The minimum absolute atomic E-state index is 0.0750. The van der Waals surface area contributed by atoms with Gasteiger partial charge in [-0.05, 0) is 131 Å². The van der Waals surface area contributed by atoms with Crippen LogP contribution in [0.4, 0.5) is 17.1 Å². The maximum atomic E-state index is 2.67. The van der Waals surface area contributed by atoms with E-state index < -0.39 is 0 Å². The SMILES string of the molecule is Cc1ccc2c(c1)C1(c3cc(N(c4ccccc4-c4ccccc4)c4cccc5c4-c4ccccc4C5(C)C)ccc3-2)C2CC3CC(C2)CC1C3. The monoisotopic (exact) mass is 659 g/mol. The fraction of sp³-hybridized carbons (Fsp3) is 0.280. The average molecular weight is 660 g/mol. The Morgan fingerprint density at radius 2 is 1.10 bits per heavy atom. The number of nitrogens with zero attached hydrogens (tertiary/aromatic N) is 1. The first kappa shape index (κ1) is 29.8. The Kier molecular flexibility index (Phi) is 6.18. The second-order valence-corrected chi connectivity index (χ2v) is 17.0. The van der Waals surface area contributed by atoms with Crippen molar-refractivity contribution in [2.45, 2.75) is 63.7 Å². The van der Waals surface area contributed by atoms with E-state index in [2.05, 4.69) is 159 Å². The highest BCUT2D eigenvalue weighted by atomic mass is 15.1. The van der Waals surface area contributed by atoms with Crippen molar-refractivity contribution in [2.24, 2.45) is 23.7 Å². The van der Waals surface area contributed by atoms with Gasteiger partial charge in [-0.15, -0.1) is 0 Å². The van der Waals surface area contributed by atoms with Crippen molar-refractivity contribution >= 4 is 17.1 Å². The molecule has 4 saturated carbocycles. The van der Waals surface area contributed by atoms with Crippen LogP contribution >= 0.6 is 0 Å². The van der Waals surface area contributed by atoms with Gasteiger partial charge in [0.25, 0.3) is 0 Å². The topological polar surface area (TPSA) is 3.24 Å². The van der Waals surface area contributed by atoms with Crippen LogP contribution in [0.2, 0.25) is 0 Å². The van der Waals surface area contributed by atoms with Crippen LogP contribution in [0.1, 0.15) is 73.8 Å². The highest BCUT2D eigenvalue weighted by Gasteiger charge is 2.61. The minimum Gasteiger partial charge on any atom is -0.309 e. The smallest absolute Gasteiger partial charge is 0.0543 e. The van der Waals surface area contributed by atoms with Crippen molar-refractivity contribution in [3.05, 3.63) is 161 Å². The van der Waals surface area contributed by atoms with Gasteiger partial charge in [0.2, 0.25) is 0 Å². The van der Waals surface area contributed by atoms with Crippen LogP contribution in [-0.2, 0) is 10.8 Å². The van der Waals surface area contributed by atoms with Crippen LogP contribution in [0.25, 0.3) is 33.4 Å². The molecule has 4 fully saturated rings. The molecule has 0 aromatic heterocycles. The summed E-state index contributed by atoms with van der Waals surface area (Å²) in [7, 11) is 0. The lowest BCUT2D eigenvalue weighted by molar-refractivity contribution is -0.0399. The first-order valence-electron chi connectivity index (χ1n) is 19.4. The average Bonchev–Trinajstić information content (AvgIpc) is 3.56. The summed E-state index contributed by atoms with van der Waals surface area (Å²) in [6, 6.07) is 51.2. The summed E-state index contributed by atoms with van der Waals surface area (Å²) in [5.41, 5.74) is 19.4. The second-order valence-electron chi connectivity index (χ2n) is 17.0. The van der Waals surface area contributed by atoms with E-state index >= 15 is 0 Å². The van der Waals surface area contributed by atoms with Crippen LogP contribution in [0, 0.1) is 30.6 Å². The van der Waals surface area contributed by atoms with Crippen molar-refractivity contribution in [1.29, 1.82) is 0 Å². The Balaban J connectivity index is 1.19. The minimum atomic E-state index is -0.0750. The van der Waals surface area contributed by atoms with Gasteiger partial charge in [0, 0.05) is 27.6 Å². The van der Waals surface area contributed by atoms with E-state index in [0.29, 0.717) is 0 Å².